The maximum Gasteiger partial charge on any atom is 0.330 e. The van der Waals surface area contributed by atoms with Gasteiger partial charge in [0.1, 0.15) is 0 Å². The molecule has 0 aliphatic heterocycles. The first-order chi connectivity index (χ1) is 7.61. The lowest BCUT2D eigenvalue weighted by molar-refractivity contribution is -0.135. The molecule has 90 valence electrons. The van der Waals surface area contributed by atoms with Gasteiger partial charge in [0.15, 0.2) is 0 Å². The predicted octanol–water partition coefficient (Wildman–Crippen LogP) is 0.102. The van der Waals surface area contributed by atoms with Crippen LogP contribution in [0.25, 0.3) is 0 Å². The van der Waals surface area contributed by atoms with Crippen molar-refractivity contribution in [1.82, 2.24) is 5.32 Å². The molecule has 5 nitrogen and oxygen atoms in total. The second-order valence-electron chi connectivity index (χ2n) is 3.98. The third-order valence-electron chi connectivity index (χ3n) is 2.69. The Morgan fingerprint density at radius 2 is 1.88 bits per heavy atom. The van der Waals surface area contributed by atoms with Gasteiger partial charge in [0.25, 0.3) is 0 Å². The van der Waals surface area contributed by atoms with Gasteiger partial charge in [-0.25, -0.2) is 4.79 Å². The number of ether oxygens (including phenoxy) is 1. The third kappa shape index (κ3) is 4.44. The summed E-state index contributed by atoms with van der Waals surface area (Å²) in [5.41, 5.74) is 5.76. The minimum Gasteiger partial charge on any atom is -0.466 e. The summed E-state index contributed by atoms with van der Waals surface area (Å²) in [5.74, 6) is -0.785. The van der Waals surface area contributed by atoms with Crippen LogP contribution in [0.5, 0.6) is 0 Å². The van der Waals surface area contributed by atoms with E-state index in [0.717, 1.165) is 31.8 Å². The van der Waals surface area contributed by atoms with Crippen LogP contribution in [0.4, 0.5) is 0 Å². The van der Waals surface area contributed by atoms with Crippen LogP contribution in [0, 0.1) is 0 Å². The molecule has 0 radical (unpaired) electrons. The quantitative estimate of drug-likeness (QED) is 0.528. The van der Waals surface area contributed by atoms with E-state index in [2.05, 4.69) is 10.1 Å². The topological polar surface area (TPSA) is 81.4 Å². The number of rotatable bonds is 3. The highest BCUT2D eigenvalue weighted by molar-refractivity contribution is 5.94. The lowest BCUT2D eigenvalue weighted by Gasteiger charge is -2.26. The minimum absolute atomic E-state index is 0.176. The highest BCUT2D eigenvalue weighted by Gasteiger charge is 2.19. The number of nitrogens with one attached hydrogen (secondary N) is 1. The normalized spacial score (nSPS) is 25.4. The molecule has 0 heterocycles. The summed E-state index contributed by atoms with van der Waals surface area (Å²) in [6, 6.07) is 0.438. The van der Waals surface area contributed by atoms with Gasteiger partial charge >= 0.3 is 5.97 Å². The average molecular weight is 226 g/mol. The number of hydrogen-bond donors (Lipinski definition) is 2. The molecule has 5 heteroatoms. The van der Waals surface area contributed by atoms with Crippen molar-refractivity contribution in [2.45, 2.75) is 37.8 Å². The molecule has 0 spiro atoms. The summed E-state index contributed by atoms with van der Waals surface area (Å²) in [4.78, 5) is 22.1. The van der Waals surface area contributed by atoms with E-state index < -0.39 is 5.97 Å². The van der Waals surface area contributed by atoms with Crippen LogP contribution in [0.3, 0.4) is 0 Å². The van der Waals surface area contributed by atoms with Crippen molar-refractivity contribution >= 4 is 11.9 Å². The zero-order valence-corrected chi connectivity index (χ0v) is 9.44. The molecule has 0 atom stereocenters. The molecule has 1 saturated carbocycles. The first-order valence-corrected chi connectivity index (χ1v) is 5.44. The lowest BCUT2D eigenvalue weighted by Crippen LogP contribution is -2.39. The fourth-order valence-electron chi connectivity index (χ4n) is 1.72. The molecule has 0 saturated heterocycles. The van der Waals surface area contributed by atoms with Crippen LogP contribution in [-0.4, -0.2) is 31.1 Å². The molecule has 0 aromatic carbocycles. The molecular formula is C11H18N2O3. The van der Waals surface area contributed by atoms with E-state index in [1.54, 1.807) is 0 Å². The summed E-state index contributed by atoms with van der Waals surface area (Å²) in [7, 11) is 1.27. The molecule has 3 N–H and O–H groups in total. The predicted molar refractivity (Wildman–Crippen MR) is 59.5 cm³/mol. The highest BCUT2D eigenvalue weighted by atomic mass is 16.5. The summed E-state index contributed by atoms with van der Waals surface area (Å²) in [5, 5.41) is 2.83. The Morgan fingerprint density at radius 3 is 2.44 bits per heavy atom. The number of amides is 1. The van der Waals surface area contributed by atoms with Crippen LogP contribution in [0.1, 0.15) is 25.7 Å². The van der Waals surface area contributed by atoms with Gasteiger partial charge in [0.2, 0.25) is 5.91 Å². The van der Waals surface area contributed by atoms with Crippen molar-refractivity contribution in [3.05, 3.63) is 12.2 Å². The summed E-state index contributed by atoms with van der Waals surface area (Å²) < 4.78 is 4.38. The summed E-state index contributed by atoms with van der Waals surface area (Å²) >= 11 is 0. The van der Waals surface area contributed by atoms with Crippen LogP contribution >= 0.6 is 0 Å². The van der Waals surface area contributed by atoms with Crippen molar-refractivity contribution < 1.29 is 14.3 Å². The molecule has 0 aromatic heterocycles. The molecule has 1 rings (SSSR count). The molecule has 1 aliphatic carbocycles. The fourth-order valence-corrected chi connectivity index (χ4v) is 1.72. The molecule has 1 amide bonds. The Bertz CT molecular complexity index is 281. The van der Waals surface area contributed by atoms with Crippen LogP contribution in [-0.2, 0) is 14.3 Å². The van der Waals surface area contributed by atoms with E-state index in [1.165, 1.54) is 13.2 Å². The number of carbonyl (C=O) groups excluding carboxylic acids is 2. The molecule has 0 unspecified atom stereocenters. The van der Waals surface area contributed by atoms with Crippen molar-refractivity contribution in [2.24, 2.45) is 5.73 Å². The number of esters is 1. The fraction of sp³-hybridized carbons (Fsp3) is 0.636. The van der Waals surface area contributed by atoms with E-state index in [9.17, 15) is 9.59 Å². The third-order valence-corrected chi connectivity index (χ3v) is 2.69. The number of carbonyl (C=O) groups is 2. The van der Waals surface area contributed by atoms with E-state index >= 15 is 0 Å². The second kappa shape index (κ2) is 6.27. The lowest BCUT2D eigenvalue weighted by atomic mass is 9.92. The first-order valence-electron chi connectivity index (χ1n) is 5.44. The first kappa shape index (κ1) is 12.7. The SMILES string of the molecule is COC(=O)/C=C/C(=O)NC1CCC(N)CC1. The van der Waals surface area contributed by atoms with Gasteiger partial charge in [-0.05, 0) is 25.7 Å². The summed E-state index contributed by atoms with van der Waals surface area (Å²) in [6.07, 6.45) is 5.99. The Morgan fingerprint density at radius 1 is 1.25 bits per heavy atom. The van der Waals surface area contributed by atoms with Gasteiger partial charge in [-0.3, -0.25) is 4.79 Å². The molecule has 16 heavy (non-hydrogen) atoms. The molecule has 1 fully saturated rings. The van der Waals surface area contributed by atoms with Crippen molar-refractivity contribution in [1.29, 1.82) is 0 Å². The number of nitrogens with two attached hydrogens (primary N) is 1. The molecule has 0 aromatic rings. The minimum atomic E-state index is -0.527. The van der Waals surface area contributed by atoms with Crippen LogP contribution in [0.15, 0.2) is 12.2 Å². The van der Waals surface area contributed by atoms with Crippen molar-refractivity contribution in [3.8, 4) is 0 Å². The standard InChI is InChI=1S/C11H18N2O3/c1-16-11(15)7-6-10(14)13-9-4-2-8(12)3-5-9/h6-9H,2-5,12H2,1H3,(H,13,14)/b7-6+. The number of methoxy groups -OCH3 is 1. The second-order valence-corrected chi connectivity index (χ2v) is 3.98. The van der Waals surface area contributed by atoms with Gasteiger partial charge in [-0.15, -0.1) is 0 Å². The number of hydrogen-bond acceptors (Lipinski definition) is 4. The Labute approximate surface area is 95.0 Å². The highest BCUT2D eigenvalue weighted by Crippen LogP contribution is 2.16. The Hall–Kier alpha value is -1.36. The van der Waals surface area contributed by atoms with Gasteiger partial charge in [0, 0.05) is 24.2 Å². The van der Waals surface area contributed by atoms with E-state index in [0.29, 0.717) is 0 Å². The van der Waals surface area contributed by atoms with Crippen LogP contribution < -0.4 is 11.1 Å². The molecular weight excluding hydrogens is 208 g/mol. The molecule has 1 aliphatic rings. The molecule has 0 bridgehead atoms. The maximum atomic E-state index is 11.4. The maximum absolute atomic E-state index is 11.4. The van der Waals surface area contributed by atoms with Gasteiger partial charge in [-0.1, -0.05) is 0 Å². The monoisotopic (exact) mass is 226 g/mol. The van der Waals surface area contributed by atoms with Crippen LogP contribution in [0.2, 0.25) is 0 Å². The zero-order chi connectivity index (χ0) is 12.0. The van der Waals surface area contributed by atoms with E-state index in [4.69, 9.17) is 5.73 Å². The Kier molecular flexibility index (Phi) is 4.98. The van der Waals surface area contributed by atoms with Crippen molar-refractivity contribution in [3.63, 3.8) is 0 Å². The Balaban J connectivity index is 2.29. The van der Waals surface area contributed by atoms with Gasteiger partial charge in [-0.2, -0.15) is 0 Å². The summed E-state index contributed by atoms with van der Waals surface area (Å²) in [6.45, 7) is 0. The van der Waals surface area contributed by atoms with E-state index in [-0.39, 0.29) is 18.0 Å². The smallest absolute Gasteiger partial charge is 0.330 e. The van der Waals surface area contributed by atoms with E-state index in [1.807, 2.05) is 0 Å². The largest absolute Gasteiger partial charge is 0.466 e. The zero-order valence-electron chi connectivity index (χ0n) is 9.44. The van der Waals surface area contributed by atoms with Gasteiger partial charge in [0.05, 0.1) is 7.11 Å². The average Bonchev–Trinajstić information content (AvgIpc) is 2.29. The van der Waals surface area contributed by atoms with Gasteiger partial charge < -0.3 is 15.8 Å². The van der Waals surface area contributed by atoms with Crippen molar-refractivity contribution in [2.75, 3.05) is 7.11 Å².